The van der Waals surface area contributed by atoms with Crippen LogP contribution in [0.1, 0.15) is 30.5 Å². The van der Waals surface area contributed by atoms with Crippen LogP contribution in [0.25, 0.3) is 83.5 Å². The minimum atomic E-state index is 0.446. The number of rotatable bonds is 5. The number of benzene rings is 7. The van der Waals surface area contributed by atoms with Crippen LogP contribution in [0.5, 0.6) is 0 Å². The fourth-order valence-corrected chi connectivity index (χ4v) is 8.40. The van der Waals surface area contributed by atoms with Gasteiger partial charge in [-0.25, -0.2) is 0 Å². The van der Waals surface area contributed by atoms with Gasteiger partial charge in [0.25, 0.3) is 0 Å². The first-order valence-corrected chi connectivity index (χ1v) is 17.9. The molecule has 51 heavy (non-hydrogen) atoms. The first-order chi connectivity index (χ1) is 25.2. The molecule has 7 aromatic carbocycles. The van der Waals surface area contributed by atoms with Crippen LogP contribution in [-0.2, 0) is 0 Å². The molecule has 0 amide bonds. The Hall–Kier alpha value is -6.38. The second-order valence-corrected chi connectivity index (χ2v) is 13.8. The fourth-order valence-electron chi connectivity index (χ4n) is 8.40. The molecule has 1 aliphatic carbocycles. The van der Waals surface area contributed by atoms with Crippen molar-refractivity contribution in [3.63, 3.8) is 0 Å². The first-order valence-electron chi connectivity index (χ1n) is 17.9. The third-order valence-electron chi connectivity index (χ3n) is 10.8. The van der Waals surface area contributed by atoms with Gasteiger partial charge in [-0.15, -0.1) is 0 Å². The van der Waals surface area contributed by atoms with Crippen molar-refractivity contribution in [1.82, 2.24) is 9.13 Å². The molecule has 9 aromatic rings. The maximum atomic E-state index is 2.49. The van der Waals surface area contributed by atoms with Gasteiger partial charge in [0.1, 0.15) is 0 Å². The van der Waals surface area contributed by atoms with Crippen molar-refractivity contribution in [2.45, 2.75) is 19.3 Å². The number of nitrogens with zero attached hydrogens (tertiary/aromatic N) is 2. The minimum absolute atomic E-state index is 0.446. The SMILES string of the molecule is CC1CC=Cc2c1c1ccc(-c3ccc4c(c3)c3ccccc3n4-c3ccccc3)cc1n2-c1cccc(-c2ccccc2-c2ccccc2)c1. The molecule has 2 nitrogen and oxygen atoms in total. The van der Waals surface area contributed by atoms with Crippen molar-refractivity contribution in [1.29, 1.82) is 0 Å². The molecule has 2 heterocycles. The molecule has 0 fully saturated rings. The fraction of sp³-hybridized carbons (Fsp3) is 0.0612. The third kappa shape index (κ3) is 4.79. The highest BCUT2D eigenvalue weighted by Crippen LogP contribution is 2.43. The van der Waals surface area contributed by atoms with Crippen molar-refractivity contribution in [2.24, 2.45) is 0 Å². The Kier molecular flexibility index (Phi) is 6.89. The zero-order valence-electron chi connectivity index (χ0n) is 28.5. The Bertz CT molecular complexity index is 2780. The second-order valence-electron chi connectivity index (χ2n) is 13.8. The van der Waals surface area contributed by atoms with Gasteiger partial charge in [0.05, 0.1) is 16.6 Å². The predicted molar refractivity (Wildman–Crippen MR) is 216 cm³/mol. The molecular weight excluding hydrogens is 617 g/mol. The van der Waals surface area contributed by atoms with Gasteiger partial charge >= 0.3 is 0 Å². The molecular formula is C49H36N2. The summed E-state index contributed by atoms with van der Waals surface area (Å²) in [4.78, 5) is 0. The van der Waals surface area contributed by atoms with E-state index in [1.165, 1.54) is 88.7 Å². The topological polar surface area (TPSA) is 9.86 Å². The van der Waals surface area contributed by atoms with Crippen LogP contribution in [-0.4, -0.2) is 9.13 Å². The number of fused-ring (bicyclic) bond motifs is 6. The van der Waals surface area contributed by atoms with Crippen molar-refractivity contribution in [3.8, 4) is 44.8 Å². The number of allylic oxidation sites excluding steroid dienone is 1. The molecule has 1 unspecified atom stereocenters. The molecule has 242 valence electrons. The van der Waals surface area contributed by atoms with Crippen LogP contribution in [0, 0.1) is 0 Å². The Labute approximate surface area is 298 Å². The van der Waals surface area contributed by atoms with Crippen LogP contribution in [0.3, 0.4) is 0 Å². The lowest BCUT2D eigenvalue weighted by Crippen LogP contribution is -2.03. The third-order valence-corrected chi connectivity index (χ3v) is 10.8. The summed E-state index contributed by atoms with van der Waals surface area (Å²) < 4.78 is 4.88. The molecule has 10 rings (SSSR count). The van der Waals surface area contributed by atoms with E-state index in [1.807, 2.05) is 0 Å². The van der Waals surface area contributed by atoms with E-state index in [9.17, 15) is 0 Å². The van der Waals surface area contributed by atoms with Gasteiger partial charge in [0.2, 0.25) is 0 Å². The van der Waals surface area contributed by atoms with E-state index in [2.05, 4.69) is 198 Å². The standard InChI is InChI=1S/C49H36N2/c1-33-14-12-25-47-49(33)43-28-26-36(35-27-29-46-44(31-35)42-23-10-11-24-45(42)50(46)38-18-6-3-7-19-38)32-48(43)51(47)39-20-13-17-37(30-39)41-22-9-8-21-40(41)34-15-4-2-5-16-34/h2-13,15-33H,14H2,1H3. The summed E-state index contributed by atoms with van der Waals surface area (Å²) in [7, 11) is 0. The number of hydrogen-bond acceptors (Lipinski definition) is 0. The number of para-hydroxylation sites is 2. The van der Waals surface area contributed by atoms with Gasteiger partial charge in [-0.3, -0.25) is 0 Å². The van der Waals surface area contributed by atoms with E-state index < -0.39 is 0 Å². The quantitative estimate of drug-likeness (QED) is 0.175. The second kappa shape index (κ2) is 11.9. The normalized spacial score (nSPS) is 14.0. The lowest BCUT2D eigenvalue weighted by Gasteiger charge is -2.17. The lowest BCUT2D eigenvalue weighted by atomic mass is 9.90. The van der Waals surface area contributed by atoms with Gasteiger partial charge in [-0.05, 0) is 106 Å². The molecule has 1 aliphatic rings. The maximum absolute atomic E-state index is 2.49. The van der Waals surface area contributed by atoms with Gasteiger partial charge in [-0.1, -0.05) is 134 Å². The van der Waals surface area contributed by atoms with E-state index in [0.717, 1.165) is 6.42 Å². The van der Waals surface area contributed by atoms with E-state index in [0.29, 0.717) is 5.92 Å². The Morgan fingerprint density at radius 3 is 1.92 bits per heavy atom. The van der Waals surface area contributed by atoms with E-state index in [4.69, 9.17) is 0 Å². The Morgan fingerprint density at radius 1 is 0.431 bits per heavy atom. The average Bonchev–Trinajstić information content (AvgIpc) is 3.71. The molecule has 0 bridgehead atoms. The summed E-state index contributed by atoms with van der Waals surface area (Å²) in [6.45, 7) is 2.36. The monoisotopic (exact) mass is 652 g/mol. The Balaban J connectivity index is 1.16. The highest BCUT2D eigenvalue weighted by molar-refractivity contribution is 6.10. The van der Waals surface area contributed by atoms with Crippen LogP contribution in [0.15, 0.2) is 176 Å². The van der Waals surface area contributed by atoms with Crippen LogP contribution >= 0.6 is 0 Å². The van der Waals surface area contributed by atoms with Crippen LogP contribution in [0.4, 0.5) is 0 Å². The zero-order chi connectivity index (χ0) is 33.9. The highest BCUT2D eigenvalue weighted by Gasteiger charge is 2.24. The number of hydrogen-bond donors (Lipinski definition) is 0. The highest BCUT2D eigenvalue weighted by atomic mass is 15.0. The van der Waals surface area contributed by atoms with Gasteiger partial charge in [0, 0.05) is 33.2 Å². The molecule has 0 spiro atoms. The molecule has 0 radical (unpaired) electrons. The largest absolute Gasteiger partial charge is 0.310 e. The number of aromatic nitrogens is 2. The van der Waals surface area contributed by atoms with Gasteiger partial charge in [0.15, 0.2) is 0 Å². The first kappa shape index (κ1) is 29.5. The predicted octanol–water partition coefficient (Wildman–Crippen LogP) is 13.2. The van der Waals surface area contributed by atoms with Crippen molar-refractivity contribution in [3.05, 3.63) is 187 Å². The molecule has 1 atom stereocenters. The summed E-state index contributed by atoms with van der Waals surface area (Å²) in [5.41, 5.74) is 16.1. The zero-order valence-corrected chi connectivity index (χ0v) is 28.5. The van der Waals surface area contributed by atoms with Gasteiger partial charge < -0.3 is 9.13 Å². The Morgan fingerprint density at radius 2 is 1.08 bits per heavy atom. The molecule has 0 saturated carbocycles. The minimum Gasteiger partial charge on any atom is -0.310 e. The van der Waals surface area contributed by atoms with Gasteiger partial charge in [-0.2, -0.15) is 0 Å². The molecule has 0 aliphatic heterocycles. The summed E-state index contributed by atoms with van der Waals surface area (Å²) in [6, 6.07) is 62.1. The summed E-state index contributed by atoms with van der Waals surface area (Å²) in [6.07, 6.45) is 5.73. The van der Waals surface area contributed by atoms with Crippen molar-refractivity contribution < 1.29 is 0 Å². The van der Waals surface area contributed by atoms with E-state index >= 15 is 0 Å². The average molecular weight is 653 g/mol. The maximum Gasteiger partial charge on any atom is 0.0543 e. The van der Waals surface area contributed by atoms with Crippen LogP contribution in [0.2, 0.25) is 0 Å². The van der Waals surface area contributed by atoms with E-state index in [1.54, 1.807) is 0 Å². The molecule has 0 N–H and O–H groups in total. The summed E-state index contributed by atoms with van der Waals surface area (Å²) in [5, 5.41) is 3.87. The summed E-state index contributed by atoms with van der Waals surface area (Å²) >= 11 is 0. The molecule has 2 heteroatoms. The van der Waals surface area contributed by atoms with E-state index in [-0.39, 0.29) is 0 Å². The lowest BCUT2D eigenvalue weighted by molar-refractivity contribution is 0.773. The summed E-state index contributed by atoms with van der Waals surface area (Å²) in [5.74, 6) is 0.446. The van der Waals surface area contributed by atoms with Crippen LogP contribution < -0.4 is 0 Å². The van der Waals surface area contributed by atoms with Crippen molar-refractivity contribution >= 4 is 38.8 Å². The van der Waals surface area contributed by atoms with Crippen molar-refractivity contribution in [2.75, 3.05) is 0 Å². The smallest absolute Gasteiger partial charge is 0.0543 e. The molecule has 2 aromatic heterocycles. The molecule has 0 saturated heterocycles.